The summed E-state index contributed by atoms with van der Waals surface area (Å²) in [5.74, 6) is -0.191. The van der Waals surface area contributed by atoms with Crippen LogP contribution in [0.25, 0.3) is 0 Å². The molecule has 0 spiro atoms. The number of sulfonamides is 1. The molecule has 1 saturated heterocycles. The van der Waals surface area contributed by atoms with E-state index in [1.165, 1.54) is 12.1 Å². The molecule has 0 radical (unpaired) electrons. The summed E-state index contributed by atoms with van der Waals surface area (Å²) >= 11 is 0. The van der Waals surface area contributed by atoms with Crippen LogP contribution >= 0.6 is 0 Å². The fourth-order valence-electron chi connectivity index (χ4n) is 2.63. The quantitative estimate of drug-likeness (QED) is 0.805. The van der Waals surface area contributed by atoms with Gasteiger partial charge in [-0.2, -0.15) is 4.31 Å². The summed E-state index contributed by atoms with van der Waals surface area (Å²) in [4.78, 5) is 0.127. The Morgan fingerprint density at radius 2 is 1.91 bits per heavy atom. The number of hydrogen-bond donors (Lipinski definition) is 1. The molecule has 1 aliphatic heterocycles. The summed E-state index contributed by atoms with van der Waals surface area (Å²) in [5.41, 5.74) is 1.02. The Hall–Kier alpha value is -0.960. The Bertz CT molecular complexity index is 710. The maximum Gasteiger partial charge on any atom is 0.243 e. The van der Waals surface area contributed by atoms with Crippen LogP contribution < -0.4 is 0 Å². The molecule has 22 heavy (non-hydrogen) atoms. The van der Waals surface area contributed by atoms with Gasteiger partial charge in [0.15, 0.2) is 9.84 Å². The largest absolute Gasteiger partial charge is 0.395 e. The topological polar surface area (TPSA) is 91.8 Å². The van der Waals surface area contributed by atoms with Crippen LogP contribution in [0.1, 0.15) is 18.9 Å². The lowest BCUT2D eigenvalue weighted by Gasteiger charge is -2.26. The molecule has 0 unspecified atom stereocenters. The van der Waals surface area contributed by atoms with Crippen molar-refractivity contribution in [1.82, 2.24) is 4.31 Å². The van der Waals surface area contributed by atoms with Gasteiger partial charge in [0.1, 0.15) is 0 Å². The molecule has 0 bridgehead atoms. The second-order valence-electron chi connectivity index (χ2n) is 5.39. The molecule has 2 rings (SSSR count). The molecule has 6 nitrogen and oxygen atoms in total. The first-order valence-corrected chi connectivity index (χ1v) is 10.5. The predicted molar refractivity (Wildman–Crippen MR) is 83.9 cm³/mol. The zero-order valence-corrected chi connectivity index (χ0v) is 14.1. The molecule has 0 amide bonds. The molecule has 8 heteroatoms. The fourth-order valence-corrected chi connectivity index (χ4v) is 6.10. The molecule has 1 aromatic rings. The smallest absolute Gasteiger partial charge is 0.243 e. The van der Waals surface area contributed by atoms with E-state index in [-0.39, 0.29) is 36.0 Å². The number of nitrogens with zero attached hydrogens (tertiary/aromatic N) is 1. The summed E-state index contributed by atoms with van der Waals surface area (Å²) in [7, 11) is -7.01. The van der Waals surface area contributed by atoms with Crippen molar-refractivity contribution in [2.24, 2.45) is 0 Å². The number of sulfone groups is 1. The van der Waals surface area contributed by atoms with Crippen LogP contribution in [0, 0.1) is 0 Å². The van der Waals surface area contributed by atoms with E-state index in [2.05, 4.69) is 0 Å². The van der Waals surface area contributed by atoms with Gasteiger partial charge in [-0.05, 0) is 30.5 Å². The molecular weight excluding hydrogens is 326 g/mol. The van der Waals surface area contributed by atoms with Gasteiger partial charge in [-0.1, -0.05) is 19.1 Å². The van der Waals surface area contributed by atoms with E-state index in [1.54, 1.807) is 12.1 Å². The maximum absolute atomic E-state index is 12.7. The van der Waals surface area contributed by atoms with Gasteiger partial charge in [-0.3, -0.25) is 0 Å². The highest BCUT2D eigenvalue weighted by Crippen LogP contribution is 2.25. The van der Waals surface area contributed by atoms with Crippen molar-refractivity contribution in [3.8, 4) is 0 Å². The molecule has 1 heterocycles. The first-order chi connectivity index (χ1) is 10.3. The normalized spacial score (nSPS) is 21.3. The van der Waals surface area contributed by atoms with E-state index in [9.17, 15) is 16.8 Å². The van der Waals surface area contributed by atoms with Crippen molar-refractivity contribution >= 4 is 19.9 Å². The van der Waals surface area contributed by atoms with Gasteiger partial charge in [0, 0.05) is 12.6 Å². The first-order valence-electron chi connectivity index (χ1n) is 7.22. The second-order valence-corrected chi connectivity index (χ2v) is 9.51. The number of rotatable bonds is 6. The average Bonchev–Trinajstić information content (AvgIpc) is 2.84. The van der Waals surface area contributed by atoms with Crippen LogP contribution in [0.4, 0.5) is 0 Å². The third-order valence-electron chi connectivity index (χ3n) is 3.87. The van der Waals surface area contributed by atoms with Gasteiger partial charge in [-0.25, -0.2) is 16.8 Å². The molecule has 1 aromatic carbocycles. The lowest BCUT2D eigenvalue weighted by molar-refractivity contribution is 0.232. The van der Waals surface area contributed by atoms with Crippen molar-refractivity contribution in [3.05, 3.63) is 29.8 Å². The minimum atomic E-state index is -3.81. The van der Waals surface area contributed by atoms with Gasteiger partial charge in [0.2, 0.25) is 10.0 Å². The molecule has 1 aliphatic rings. The van der Waals surface area contributed by atoms with Crippen molar-refractivity contribution in [1.29, 1.82) is 0 Å². The van der Waals surface area contributed by atoms with Gasteiger partial charge in [0.25, 0.3) is 0 Å². The molecule has 1 fully saturated rings. The van der Waals surface area contributed by atoms with Crippen molar-refractivity contribution in [2.75, 3.05) is 24.7 Å². The van der Waals surface area contributed by atoms with Crippen molar-refractivity contribution in [3.63, 3.8) is 0 Å². The Kier molecular flexibility index (Phi) is 5.26. The highest BCUT2D eigenvalue weighted by atomic mass is 32.2. The number of aliphatic hydroxyl groups is 1. The Labute approximate surface area is 131 Å². The zero-order chi connectivity index (χ0) is 16.4. The SMILES string of the molecule is CCc1ccc(S(=O)(=O)N(CCO)[C@H]2CCS(=O)(=O)C2)cc1. The number of hydrogen-bond acceptors (Lipinski definition) is 5. The van der Waals surface area contributed by atoms with Crippen molar-refractivity contribution < 1.29 is 21.9 Å². The van der Waals surface area contributed by atoms with E-state index in [4.69, 9.17) is 5.11 Å². The minimum absolute atomic E-state index is 0.0100. The van der Waals surface area contributed by atoms with Crippen molar-refractivity contribution in [2.45, 2.75) is 30.7 Å². The minimum Gasteiger partial charge on any atom is -0.395 e. The van der Waals surface area contributed by atoms with Gasteiger partial charge < -0.3 is 5.11 Å². The number of benzene rings is 1. The zero-order valence-electron chi connectivity index (χ0n) is 12.5. The van der Waals surface area contributed by atoms with E-state index in [1.807, 2.05) is 6.92 Å². The van der Waals surface area contributed by atoms with Crippen LogP contribution in [0.2, 0.25) is 0 Å². The van der Waals surface area contributed by atoms with Gasteiger partial charge in [0.05, 0.1) is 23.0 Å². The second kappa shape index (κ2) is 6.66. The summed E-state index contributed by atoms with van der Waals surface area (Å²) < 4.78 is 49.8. The molecule has 1 atom stereocenters. The summed E-state index contributed by atoms with van der Waals surface area (Å²) in [6, 6.07) is 5.95. The highest BCUT2D eigenvalue weighted by molar-refractivity contribution is 7.92. The van der Waals surface area contributed by atoms with E-state index < -0.39 is 25.9 Å². The molecule has 0 saturated carbocycles. The molecule has 124 valence electrons. The standard InChI is InChI=1S/C14H21NO5S2/c1-2-12-3-5-14(6-4-12)22(19,20)15(8-9-16)13-7-10-21(17,18)11-13/h3-6,13,16H,2,7-11H2,1H3/t13-/m0/s1. The van der Waals surface area contributed by atoms with Crippen LogP contribution in [-0.2, 0) is 26.3 Å². The van der Waals surface area contributed by atoms with E-state index in [0.29, 0.717) is 0 Å². The maximum atomic E-state index is 12.7. The first kappa shape index (κ1) is 17.4. The van der Waals surface area contributed by atoms with Crippen LogP contribution in [0.15, 0.2) is 29.2 Å². The van der Waals surface area contributed by atoms with Crippen LogP contribution in [0.5, 0.6) is 0 Å². The van der Waals surface area contributed by atoms with E-state index in [0.717, 1.165) is 16.3 Å². The fraction of sp³-hybridized carbons (Fsp3) is 0.571. The third kappa shape index (κ3) is 3.68. The summed E-state index contributed by atoms with van der Waals surface area (Å²) in [5, 5.41) is 9.16. The van der Waals surface area contributed by atoms with E-state index >= 15 is 0 Å². The highest BCUT2D eigenvalue weighted by Gasteiger charge is 2.38. The summed E-state index contributed by atoms with van der Waals surface area (Å²) in [6.45, 7) is 1.53. The Balaban J connectivity index is 2.33. The summed E-state index contributed by atoms with van der Waals surface area (Å²) in [6.07, 6.45) is 1.08. The predicted octanol–water partition coefficient (Wildman–Crippen LogP) is 0.419. The average molecular weight is 347 g/mol. The Morgan fingerprint density at radius 1 is 1.27 bits per heavy atom. The van der Waals surface area contributed by atoms with Gasteiger partial charge >= 0.3 is 0 Å². The molecule has 0 aliphatic carbocycles. The molecule has 1 N–H and O–H groups in total. The number of aryl methyl sites for hydroxylation is 1. The molecule has 0 aromatic heterocycles. The third-order valence-corrected chi connectivity index (χ3v) is 7.59. The lowest BCUT2D eigenvalue weighted by atomic mass is 10.2. The van der Waals surface area contributed by atoms with Crippen LogP contribution in [-0.4, -0.2) is 56.9 Å². The van der Waals surface area contributed by atoms with Gasteiger partial charge in [-0.15, -0.1) is 0 Å². The lowest BCUT2D eigenvalue weighted by Crippen LogP contribution is -2.42. The Morgan fingerprint density at radius 3 is 2.36 bits per heavy atom. The monoisotopic (exact) mass is 347 g/mol. The number of aliphatic hydroxyl groups excluding tert-OH is 1. The molecular formula is C14H21NO5S2. The van der Waals surface area contributed by atoms with Crippen LogP contribution in [0.3, 0.4) is 0 Å².